The Kier molecular flexibility index (Phi) is 5.43. The van der Waals surface area contributed by atoms with Gasteiger partial charge in [0.05, 0.1) is 29.6 Å². The van der Waals surface area contributed by atoms with Crippen LogP contribution in [0.15, 0.2) is 53.7 Å². The molecule has 0 aliphatic carbocycles. The molecule has 2 atom stereocenters. The summed E-state index contributed by atoms with van der Waals surface area (Å²) in [5, 5.41) is 16.3. The minimum atomic E-state index is -0.456. The average molecular weight is 403 g/mol. The van der Waals surface area contributed by atoms with Crippen LogP contribution in [-0.2, 0) is 11.5 Å². The number of para-hydroxylation sites is 2. The molecule has 0 amide bonds. The maximum absolute atomic E-state index is 12.9. The van der Waals surface area contributed by atoms with Gasteiger partial charge in [0.15, 0.2) is 17.3 Å². The molecule has 0 bridgehead atoms. The van der Waals surface area contributed by atoms with E-state index in [1.807, 2.05) is 35.8 Å². The maximum atomic E-state index is 12.9. The van der Waals surface area contributed by atoms with Crippen molar-refractivity contribution in [3.05, 3.63) is 59.9 Å². The molecule has 1 aromatic heterocycles. The van der Waals surface area contributed by atoms with E-state index < -0.39 is 6.17 Å². The molecule has 9 heteroatoms. The van der Waals surface area contributed by atoms with Crippen molar-refractivity contribution in [3.63, 3.8) is 0 Å². The highest BCUT2D eigenvalue weighted by molar-refractivity contribution is 6.05. The molecule has 2 aromatic carbocycles. The summed E-state index contributed by atoms with van der Waals surface area (Å²) in [5.74, 6) is 0.265. The minimum absolute atomic E-state index is 0.0745. The van der Waals surface area contributed by atoms with Crippen LogP contribution in [0.4, 0.5) is 5.69 Å². The zero-order valence-electron chi connectivity index (χ0n) is 16.4. The first-order valence-corrected chi connectivity index (χ1v) is 9.53. The number of ketones is 1. The molecule has 30 heavy (non-hydrogen) atoms. The van der Waals surface area contributed by atoms with Crippen molar-refractivity contribution < 1.29 is 9.73 Å². The van der Waals surface area contributed by atoms with E-state index >= 15 is 0 Å². The van der Waals surface area contributed by atoms with Crippen LogP contribution >= 0.6 is 0 Å². The predicted molar refractivity (Wildman–Crippen MR) is 112 cm³/mol. The molecule has 2 unspecified atom stereocenters. The summed E-state index contributed by atoms with van der Waals surface area (Å²) in [7, 11) is 0. The number of carbonyl (C=O) groups excluding carboxylic acids is 1. The Balaban J connectivity index is 1.67. The molecule has 4 N–H and O–H groups in total. The third kappa shape index (κ3) is 3.87. The van der Waals surface area contributed by atoms with E-state index in [1.54, 1.807) is 24.3 Å². The number of nitriles is 1. The summed E-state index contributed by atoms with van der Waals surface area (Å²) in [6, 6.07) is 16.6. The quantitative estimate of drug-likeness (QED) is 0.405. The van der Waals surface area contributed by atoms with Gasteiger partial charge in [0.1, 0.15) is 6.17 Å². The van der Waals surface area contributed by atoms with Gasteiger partial charge in [-0.3, -0.25) is 15.0 Å². The predicted octanol–water partition coefficient (Wildman–Crippen LogP) is 1.82. The molecule has 0 fully saturated rings. The first-order chi connectivity index (χ1) is 14.6. The first-order valence-electron chi connectivity index (χ1n) is 9.53. The van der Waals surface area contributed by atoms with Gasteiger partial charge in [-0.2, -0.15) is 5.26 Å². The molecule has 1 aliphatic heterocycles. The molecule has 152 valence electrons. The molecular formula is C21H21N7O2. The van der Waals surface area contributed by atoms with Gasteiger partial charge >= 0.3 is 0 Å². The Morgan fingerprint density at radius 1 is 1.33 bits per heavy atom. The van der Waals surface area contributed by atoms with E-state index in [0.29, 0.717) is 29.3 Å². The van der Waals surface area contributed by atoms with Crippen LogP contribution in [0.25, 0.3) is 11.0 Å². The summed E-state index contributed by atoms with van der Waals surface area (Å²) < 4.78 is 1.83. The Bertz CT molecular complexity index is 1140. The van der Waals surface area contributed by atoms with Gasteiger partial charge in [0.2, 0.25) is 0 Å². The van der Waals surface area contributed by atoms with Gasteiger partial charge in [-0.05, 0) is 43.3 Å². The number of nitrogens with two attached hydrogens (primary N) is 1. The zero-order valence-corrected chi connectivity index (χ0v) is 16.4. The number of carbonyl (C=O) groups is 1. The lowest BCUT2D eigenvalue weighted by molar-refractivity contribution is 0.0536. The summed E-state index contributed by atoms with van der Waals surface area (Å²) in [5.41, 5.74) is 11.7. The second-order valence-corrected chi connectivity index (χ2v) is 7.11. The number of fused-ring (bicyclic) bond motifs is 1. The Labute approximate surface area is 173 Å². The highest BCUT2D eigenvalue weighted by Gasteiger charge is 2.30. The molecule has 4 rings (SSSR count). The number of anilines is 1. The van der Waals surface area contributed by atoms with Crippen molar-refractivity contribution in [2.75, 3.05) is 12.3 Å². The van der Waals surface area contributed by atoms with Crippen molar-refractivity contribution in [2.24, 2.45) is 11.1 Å². The Hall–Kier alpha value is -3.74. The second-order valence-electron chi connectivity index (χ2n) is 7.11. The fourth-order valence-electron chi connectivity index (χ4n) is 3.22. The van der Waals surface area contributed by atoms with Gasteiger partial charge in [-0.25, -0.2) is 4.98 Å². The zero-order chi connectivity index (χ0) is 21.1. The third-order valence-electron chi connectivity index (χ3n) is 4.85. The highest BCUT2D eigenvalue weighted by atomic mass is 16.8. The van der Waals surface area contributed by atoms with Gasteiger partial charge in [0, 0.05) is 17.8 Å². The number of rotatable bonds is 7. The number of nitrogens with one attached hydrogen (secondary N) is 2. The van der Waals surface area contributed by atoms with Crippen molar-refractivity contribution in [2.45, 2.75) is 19.6 Å². The van der Waals surface area contributed by atoms with Crippen molar-refractivity contribution in [3.8, 4) is 6.07 Å². The normalized spacial score (nSPS) is 16.7. The van der Waals surface area contributed by atoms with Gasteiger partial charge in [0.25, 0.3) is 0 Å². The number of nitrogens with zero attached hydrogens (tertiary/aromatic N) is 4. The van der Waals surface area contributed by atoms with E-state index in [0.717, 1.165) is 11.0 Å². The molecule has 3 aromatic rings. The van der Waals surface area contributed by atoms with Crippen molar-refractivity contribution in [1.29, 1.82) is 5.26 Å². The van der Waals surface area contributed by atoms with Crippen LogP contribution in [-0.4, -0.2) is 33.8 Å². The summed E-state index contributed by atoms with van der Waals surface area (Å²) in [4.78, 5) is 22.7. The molecule has 9 nitrogen and oxygen atoms in total. The number of Topliss-reactive ketones (excluding diaryl/α,β-unsaturated/α-hetero) is 1. The lowest BCUT2D eigenvalue weighted by atomic mass is 10.1. The Morgan fingerprint density at radius 3 is 2.87 bits per heavy atom. The molecule has 2 heterocycles. The first kappa shape index (κ1) is 19.6. The van der Waals surface area contributed by atoms with E-state index in [9.17, 15) is 4.79 Å². The fourth-order valence-corrected chi connectivity index (χ4v) is 3.22. The Morgan fingerprint density at radius 2 is 2.10 bits per heavy atom. The van der Waals surface area contributed by atoms with Crippen LogP contribution in [0, 0.1) is 17.2 Å². The summed E-state index contributed by atoms with van der Waals surface area (Å²) in [6.45, 7) is 2.35. The van der Waals surface area contributed by atoms with Gasteiger partial charge in [-0.15, -0.1) is 5.48 Å². The van der Waals surface area contributed by atoms with Crippen LogP contribution in [0.3, 0.4) is 0 Å². The van der Waals surface area contributed by atoms with Crippen molar-refractivity contribution in [1.82, 2.24) is 20.3 Å². The van der Waals surface area contributed by atoms with Crippen LogP contribution < -0.4 is 16.5 Å². The second kappa shape index (κ2) is 8.32. The largest absolute Gasteiger partial charge is 0.399 e. The lowest BCUT2D eigenvalue weighted by Crippen LogP contribution is -2.46. The molecular weight excluding hydrogens is 382 g/mol. The molecule has 0 saturated carbocycles. The lowest BCUT2D eigenvalue weighted by Gasteiger charge is -2.15. The summed E-state index contributed by atoms with van der Waals surface area (Å²) >= 11 is 0. The van der Waals surface area contributed by atoms with Crippen molar-refractivity contribution >= 4 is 28.2 Å². The standard InChI is InChI=1S/C21H21N7O2/c1-13(10-22)11-24-20-19(26-30-27-20)21-25-16-4-2-3-5-17(16)28(21)12-18(29)14-6-8-15(23)9-7-14/h2-9,13,20,24,27H,11-12,23H2,1H3. The number of hydrogen-bond acceptors (Lipinski definition) is 8. The molecule has 1 aliphatic rings. The van der Waals surface area contributed by atoms with E-state index in [-0.39, 0.29) is 18.2 Å². The fraction of sp³-hybridized carbons (Fsp3) is 0.238. The third-order valence-corrected chi connectivity index (χ3v) is 4.85. The molecule has 0 radical (unpaired) electrons. The summed E-state index contributed by atoms with van der Waals surface area (Å²) in [6.07, 6.45) is -0.456. The topological polar surface area (TPSA) is 130 Å². The van der Waals surface area contributed by atoms with Crippen LogP contribution in [0.5, 0.6) is 0 Å². The van der Waals surface area contributed by atoms with E-state index in [1.165, 1.54) is 0 Å². The number of hydrogen-bond donors (Lipinski definition) is 3. The number of hydroxylamine groups is 1. The maximum Gasteiger partial charge on any atom is 0.182 e. The number of nitrogen functional groups attached to an aromatic ring is 1. The van der Waals surface area contributed by atoms with Crippen LogP contribution in [0.2, 0.25) is 0 Å². The number of benzene rings is 2. The SMILES string of the molecule is CC(C#N)CNC1NON=C1c1nc2ccccc2n1CC(=O)c1ccc(N)cc1. The van der Waals surface area contributed by atoms with Crippen LogP contribution in [0.1, 0.15) is 23.1 Å². The minimum Gasteiger partial charge on any atom is -0.399 e. The smallest absolute Gasteiger partial charge is 0.182 e. The highest BCUT2D eigenvalue weighted by Crippen LogP contribution is 2.20. The van der Waals surface area contributed by atoms with Gasteiger partial charge in [-0.1, -0.05) is 17.3 Å². The van der Waals surface area contributed by atoms with E-state index in [2.05, 4.69) is 27.0 Å². The number of oxime groups is 1. The number of imidazole rings is 1. The molecule has 0 saturated heterocycles. The number of aromatic nitrogens is 2. The molecule has 0 spiro atoms. The monoisotopic (exact) mass is 403 g/mol. The van der Waals surface area contributed by atoms with E-state index in [4.69, 9.17) is 15.9 Å². The van der Waals surface area contributed by atoms with Gasteiger partial charge < -0.3 is 10.3 Å². The average Bonchev–Trinajstić information content (AvgIpc) is 3.37.